The van der Waals surface area contributed by atoms with E-state index in [2.05, 4.69) is 80.5 Å². The monoisotopic (exact) mass is 1070 g/mol. The zero-order valence-electron chi connectivity index (χ0n) is 39.9. The second-order valence-electron chi connectivity index (χ2n) is 12.7. The number of hydrogen-bond donors (Lipinski definition) is 9. The molecule has 9 rings (SSSR count). The van der Waals surface area contributed by atoms with Crippen LogP contribution in [0.2, 0.25) is 0 Å². The van der Waals surface area contributed by atoms with E-state index in [0.717, 1.165) is 9.47 Å². The van der Waals surface area contributed by atoms with E-state index in [1.165, 1.54) is 91.8 Å². The number of anilines is 6. The minimum Gasteiger partial charge on any atom is -0.397 e. The highest BCUT2D eigenvalue weighted by Crippen LogP contribution is 2.02. The number of nitrogens with zero attached hydrogens (tertiary/aromatic N) is 19. The lowest BCUT2D eigenvalue weighted by atomic mass is 10.3. The number of carbonyl (C=O) groups is 9. The first kappa shape index (κ1) is 63.3. The van der Waals surface area contributed by atoms with Crippen molar-refractivity contribution in [3.8, 4) is 0 Å². The summed E-state index contributed by atoms with van der Waals surface area (Å²) in [6.45, 7) is 0. The SMILES string of the molecule is Nc1ccnnc1C=O.Nc1cncnc1C=O.Nc1nccnc1C=O.Nc1ncncc1C=O.Nc1ncnnc1C=O.Nc1nncnc1C=O.Nn1cccc1C=O.Nn1cncc1C=O.Nn1nccc1C=O. The van der Waals surface area contributed by atoms with E-state index in [0.29, 0.717) is 90.6 Å². The summed E-state index contributed by atoms with van der Waals surface area (Å²) >= 11 is 0. The molecule has 0 aliphatic carbocycles. The highest BCUT2D eigenvalue weighted by atomic mass is 16.1. The third-order valence-corrected chi connectivity index (χ3v) is 7.69. The standard InChI is InChI=1S/4C5H5N3O.C5H6N2O.2C4H4N4O.2C4H5N3O/c6-4-1-7-3-8-5(4)2-9;6-5-4(2-9)1-7-3-8-5;6-5-4(3-9)7-1-2-8-5;6-4-1-2-7-8-5(4)3-9;6-7-3-1-2-5(7)4-8;5-4-3(1-9)8-7-2-6-4;5-4-3(1-9)6-2-7-8-4;5-7-3-6-1-4(7)2-8;5-7-4(3-8)1-2-6-7/h1-3H,6H2;1-3H,(H2,6,7,8);1-3H,(H2,6,8);1-3H,(H2,6,7);1-4H,6H2;1-2H,(H2,5,6,7);1-2H,(H2,5,8);2*1-3H,5H2. The number of nitrogen functional groups attached to an aromatic ring is 9. The first-order chi connectivity index (χ1) is 37.6. The van der Waals surface area contributed by atoms with Crippen molar-refractivity contribution >= 4 is 91.2 Å². The van der Waals surface area contributed by atoms with Crippen LogP contribution in [0.15, 0.2) is 105 Å². The van der Waals surface area contributed by atoms with Gasteiger partial charge in [-0.25, -0.2) is 49.5 Å². The van der Waals surface area contributed by atoms with Gasteiger partial charge in [0.25, 0.3) is 0 Å². The van der Waals surface area contributed by atoms with E-state index < -0.39 is 0 Å². The molecule has 0 amide bonds. The summed E-state index contributed by atoms with van der Waals surface area (Å²) in [7, 11) is 0. The molecular weight excluding hydrogens is 1030 g/mol. The maximum absolute atomic E-state index is 10.1. The summed E-state index contributed by atoms with van der Waals surface area (Å²) in [5.41, 5.74) is 34.5. The fourth-order valence-corrected chi connectivity index (χ4v) is 3.88. The predicted molar refractivity (Wildman–Crippen MR) is 272 cm³/mol. The fraction of sp³-hybridized carbons (Fsp3) is 0. The van der Waals surface area contributed by atoms with Crippen LogP contribution >= 0.6 is 0 Å². The van der Waals surface area contributed by atoms with Crippen LogP contribution in [0.4, 0.5) is 34.6 Å². The zero-order chi connectivity index (χ0) is 58.1. The Morgan fingerprint density at radius 2 is 0.949 bits per heavy atom. The van der Waals surface area contributed by atoms with E-state index in [-0.39, 0.29) is 51.7 Å². The van der Waals surface area contributed by atoms with Gasteiger partial charge in [0, 0.05) is 24.8 Å². The average Bonchev–Trinajstić information content (AvgIpc) is 4.22. The second-order valence-corrected chi connectivity index (χ2v) is 12.7. The molecule has 0 atom stereocenters. The van der Waals surface area contributed by atoms with Gasteiger partial charge in [0.2, 0.25) is 0 Å². The summed E-state index contributed by atoms with van der Waals surface area (Å²) in [5.74, 6) is 16.1. The van der Waals surface area contributed by atoms with Crippen LogP contribution in [0.3, 0.4) is 0 Å². The van der Waals surface area contributed by atoms with Crippen LogP contribution in [0.1, 0.15) is 94.3 Å². The fourth-order valence-electron chi connectivity index (χ4n) is 3.88. The van der Waals surface area contributed by atoms with Gasteiger partial charge in [-0.1, -0.05) is 0 Å². The Hall–Kier alpha value is -12.7. The third-order valence-electron chi connectivity index (χ3n) is 7.69. The molecule has 402 valence electrons. The van der Waals surface area contributed by atoms with Crippen molar-refractivity contribution < 1.29 is 43.2 Å². The molecule has 18 N–H and O–H groups in total. The third kappa shape index (κ3) is 23.9. The number of imidazole rings is 1. The number of nitrogens with two attached hydrogens (primary N) is 9. The number of carbonyl (C=O) groups excluding carboxylic acids is 9. The largest absolute Gasteiger partial charge is 0.397 e. The molecule has 0 fully saturated rings. The molecular formula is C41H44N28O9. The molecule has 9 aromatic heterocycles. The molecule has 0 spiro atoms. The van der Waals surface area contributed by atoms with Crippen molar-refractivity contribution in [3.63, 3.8) is 0 Å². The molecule has 78 heavy (non-hydrogen) atoms. The van der Waals surface area contributed by atoms with Crippen LogP contribution < -0.4 is 51.9 Å². The summed E-state index contributed by atoms with van der Waals surface area (Å²) in [6.07, 6.45) is 23.2. The molecule has 9 aromatic rings. The molecule has 37 heteroatoms. The smallest absolute Gasteiger partial charge is 0.175 e. The molecule has 0 saturated heterocycles. The van der Waals surface area contributed by atoms with Gasteiger partial charge in [0.05, 0.1) is 41.7 Å². The summed E-state index contributed by atoms with van der Waals surface area (Å²) in [5, 5.41) is 23.9. The Labute approximate surface area is 436 Å². The van der Waals surface area contributed by atoms with Gasteiger partial charge >= 0.3 is 0 Å². The lowest BCUT2D eigenvalue weighted by Crippen LogP contribution is -2.12. The van der Waals surface area contributed by atoms with Crippen LogP contribution in [-0.2, 0) is 0 Å². The van der Waals surface area contributed by atoms with Crippen molar-refractivity contribution in [1.82, 2.24) is 94.7 Å². The molecule has 0 unspecified atom stereocenters. The molecule has 0 bridgehead atoms. The van der Waals surface area contributed by atoms with E-state index in [4.69, 9.17) is 51.9 Å². The van der Waals surface area contributed by atoms with Crippen LogP contribution in [0.25, 0.3) is 0 Å². The summed E-state index contributed by atoms with van der Waals surface area (Å²) in [4.78, 5) is 123. The normalized spacial score (nSPS) is 8.92. The predicted octanol–water partition coefficient (Wildman–Crippen LogP) is -3.15. The Morgan fingerprint density at radius 3 is 1.33 bits per heavy atom. The highest BCUT2D eigenvalue weighted by Gasteiger charge is 2.00. The topological polar surface area (TPSA) is 609 Å². The van der Waals surface area contributed by atoms with E-state index >= 15 is 0 Å². The number of aldehydes is 9. The average molecular weight is 1070 g/mol. The van der Waals surface area contributed by atoms with Crippen LogP contribution in [-0.4, -0.2) is 151 Å². The Balaban J connectivity index is 0.000000439. The van der Waals surface area contributed by atoms with Crippen molar-refractivity contribution in [1.29, 1.82) is 0 Å². The molecule has 0 saturated carbocycles. The van der Waals surface area contributed by atoms with E-state index in [9.17, 15) is 43.2 Å². The van der Waals surface area contributed by atoms with Gasteiger partial charge in [0.1, 0.15) is 77.3 Å². The lowest BCUT2D eigenvalue weighted by molar-refractivity contribution is 0.110. The van der Waals surface area contributed by atoms with Gasteiger partial charge in [-0.3, -0.25) is 47.8 Å². The quantitative estimate of drug-likeness (QED) is 0.0509. The van der Waals surface area contributed by atoms with Crippen molar-refractivity contribution in [2.24, 2.45) is 0 Å². The lowest BCUT2D eigenvalue weighted by Gasteiger charge is -1.90. The number of aromatic nitrogens is 19. The maximum Gasteiger partial charge on any atom is 0.175 e. The molecule has 0 aliphatic heterocycles. The van der Waals surface area contributed by atoms with Crippen LogP contribution in [0.5, 0.6) is 0 Å². The molecule has 0 radical (unpaired) electrons. The summed E-state index contributed by atoms with van der Waals surface area (Å²) < 4.78 is 2.43. The minimum atomic E-state index is 0.0625. The number of rotatable bonds is 9. The first-order valence-corrected chi connectivity index (χ1v) is 20.3. The van der Waals surface area contributed by atoms with Gasteiger partial charge in [-0.15, -0.1) is 25.5 Å². The van der Waals surface area contributed by atoms with Crippen molar-refractivity contribution in [2.75, 3.05) is 51.9 Å². The molecule has 0 aromatic carbocycles. The minimum absolute atomic E-state index is 0.0625. The van der Waals surface area contributed by atoms with E-state index in [1.807, 2.05) is 0 Å². The van der Waals surface area contributed by atoms with E-state index in [1.54, 1.807) is 18.3 Å². The van der Waals surface area contributed by atoms with Gasteiger partial charge < -0.3 is 51.9 Å². The second kappa shape index (κ2) is 37.1. The van der Waals surface area contributed by atoms with Crippen LogP contribution in [0, 0.1) is 0 Å². The highest BCUT2D eigenvalue weighted by molar-refractivity contribution is 5.82. The van der Waals surface area contributed by atoms with Gasteiger partial charge in [-0.2, -0.15) is 15.0 Å². The van der Waals surface area contributed by atoms with Crippen molar-refractivity contribution in [2.45, 2.75) is 0 Å². The van der Waals surface area contributed by atoms with Gasteiger partial charge in [0.15, 0.2) is 79.7 Å². The maximum atomic E-state index is 10.1. The van der Waals surface area contributed by atoms with Crippen molar-refractivity contribution in [3.05, 3.63) is 157 Å². The Kier molecular flexibility index (Phi) is 30.1. The molecule has 0 aliphatic rings. The Morgan fingerprint density at radius 1 is 0.385 bits per heavy atom. The molecule has 37 nitrogen and oxygen atoms in total. The molecule has 9 heterocycles. The Bertz CT molecular complexity index is 2790. The first-order valence-electron chi connectivity index (χ1n) is 20.3. The number of hydrogen-bond acceptors (Lipinski definition) is 34. The van der Waals surface area contributed by atoms with Gasteiger partial charge in [-0.05, 0) is 24.3 Å². The zero-order valence-corrected chi connectivity index (χ0v) is 39.9. The summed E-state index contributed by atoms with van der Waals surface area (Å²) in [6, 6.07) is 6.42.